The lowest BCUT2D eigenvalue weighted by Crippen LogP contribution is -2.61. The average molecular weight is 835 g/mol. The molecule has 2 aliphatic heterocycles. The lowest BCUT2D eigenvalue weighted by atomic mass is 10.00. The Morgan fingerprint density at radius 3 is 1.41 bits per heavy atom. The number of Topliss-reactive ketones (excluding diaryl/α,β-unsaturated/α-hetero) is 4. The molecule has 2 saturated heterocycles. The van der Waals surface area contributed by atoms with Crippen molar-refractivity contribution in [2.24, 2.45) is 19.8 Å². The van der Waals surface area contributed by atoms with E-state index in [2.05, 4.69) is 5.32 Å². The number of alkyl halides is 6. The molecule has 0 spiro atoms. The molecule has 0 saturated carbocycles. The van der Waals surface area contributed by atoms with Crippen LogP contribution in [0.15, 0.2) is 73.1 Å². The third-order valence-corrected chi connectivity index (χ3v) is 8.86. The number of aromatic nitrogens is 2. The number of benzene rings is 2. The van der Waals surface area contributed by atoms with E-state index in [0.717, 1.165) is 43.5 Å². The van der Waals surface area contributed by atoms with Gasteiger partial charge in [0.15, 0.2) is 11.6 Å². The zero-order chi connectivity index (χ0) is 44.1. The van der Waals surface area contributed by atoms with Crippen LogP contribution >= 0.6 is 0 Å². The van der Waals surface area contributed by atoms with Gasteiger partial charge in [0.2, 0.25) is 0 Å². The van der Waals surface area contributed by atoms with Crippen molar-refractivity contribution in [3.05, 3.63) is 118 Å². The van der Waals surface area contributed by atoms with Crippen LogP contribution in [-0.2, 0) is 58.4 Å². The molecule has 4 aromatic rings. The van der Waals surface area contributed by atoms with Gasteiger partial charge in [-0.2, -0.15) is 26.3 Å². The lowest BCUT2D eigenvalue weighted by Gasteiger charge is -2.38. The molecule has 1 amide bonds. The summed E-state index contributed by atoms with van der Waals surface area (Å²) in [6.07, 6.45) is -7.04. The van der Waals surface area contributed by atoms with Crippen molar-refractivity contribution < 1.29 is 69.7 Å². The second-order valence-corrected chi connectivity index (χ2v) is 14.7. The number of carboxylic acids is 1. The number of amides is 1. The highest BCUT2D eigenvalue weighted by molar-refractivity contribution is 6.43. The SMILES string of the molecule is CC1(N)COC1.Cn1cc(C(=O)C(=O)NC2(C)COC2)cc1C(=O)Cc1cccc(C(F)(F)F)c1.Cn1cc(C(=O)C(=O)O)cc1C(=O)Cc1cccc(C(F)(F)F)c1. The minimum Gasteiger partial charge on any atom is -0.475 e. The lowest BCUT2D eigenvalue weighted by molar-refractivity contribution is -0.138. The number of carbonyl (C=O) groups is 6. The summed E-state index contributed by atoms with van der Waals surface area (Å²) in [5, 5.41) is 11.3. The van der Waals surface area contributed by atoms with Crippen LogP contribution in [0.25, 0.3) is 0 Å². The van der Waals surface area contributed by atoms with Gasteiger partial charge in [0.05, 0.1) is 60.0 Å². The fourth-order valence-electron chi connectivity index (χ4n) is 5.69. The van der Waals surface area contributed by atoms with E-state index in [1.54, 1.807) is 6.92 Å². The highest BCUT2D eigenvalue weighted by atomic mass is 19.4. The van der Waals surface area contributed by atoms with E-state index in [1.807, 2.05) is 6.92 Å². The Kier molecular flexibility index (Phi) is 13.9. The number of carbonyl (C=O) groups excluding carboxylic acids is 5. The number of nitrogens with zero attached hydrogens (tertiary/aromatic N) is 2. The first kappa shape index (κ1) is 45.8. The second-order valence-electron chi connectivity index (χ2n) is 14.7. The summed E-state index contributed by atoms with van der Waals surface area (Å²) in [6.45, 7) is 5.80. The molecular formula is C40H40F6N4O9. The number of hydrogen-bond acceptors (Lipinski definition) is 9. The van der Waals surface area contributed by atoms with Crippen molar-refractivity contribution in [2.75, 3.05) is 26.4 Å². The van der Waals surface area contributed by atoms with Crippen LogP contribution in [0.4, 0.5) is 26.3 Å². The van der Waals surface area contributed by atoms with Crippen LogP contribution in [-0.4, -0.2) is 86.8 Å². The van der Waals surface area contributed by atoms with Crippen LogP contribution in [0, 0.1) is 0 Å². The van der Waals surface area contributed by atoms with Gasteiger partial charge in [-0.05, 0) is 49.2 Å². The normalized spacial score (nSPS) is 15.2. The molecule has 0 atom stereocenters. The number of carboxylic acid groups (broad SMARTS) is 1. The Bertz CT molecular complexity index is 2250. The number of rotatable bonds is 11. The van der Waals surface area contributed by atoms with Gasteiger partial charge in [-0.3, -0.25) is 24.0 Å². The molecule has 0 radical (unpaired) electrons. The molecule has 4 N–H and O–H groups in total. The maximum atomic E-state index is 12.8. The maximum absolute atomic E-state index is 12.8. The van der Waals surface area contributed by atoms with Crippen LogP contribution in [0.2, 0.25) is 0 Å². The van der Waals surface area contributed by atoms with Gasteiger partial charge in [0.25, 0.3) is 17.5 Å². The van der Waals surface area contributed by atoms with Gasteiger partial charge in [-0.15, -0.1) is 0 Å². The second kappa shape index (κ2) is 17.9. The number of nitrogens with one attached hydrogen (secondary N) is 1. The Morgan fingerprint density at radius 1 is 0.695 bits per heavy atom. The molecule has 2 fully saturated rings. The highest BCUT2D eigenvalue weighted by Gasteiger charge is 2.37. The van der Waals surface area contributed by atoms with Gasteiger partial charge < -0.3 is 34.8 Å². The number of aliphatic carboxylic acids is 1. The van der Waals surface area contributed by atoms with E-state index in [-0.39, 0.29) is 52.0 Å². The summed E-state index contributed by atoms with van der Waals surface area (Å²) in [6, 6.07) is 11.3. The monoisotopic (exact) mass is 834 g/mol. The standard InChI is InChI=1S/C20H19F3N2O4.C16H12F3NO4.C4H9NO/c1-19(10-29-11-19)24-18(28)17(27)13-8-15(25(2)9-13)16(26)7-12-4-3-5-14(6-12)20(21,22)23;1-20-8-10(14(22)15(23)24)7-12(20)13(21)6-9-3-2-4-11(5-9)16(17,18)19;1-4(5)2-6-3-4/h3-6,8-9H,7,10-11H2,1-2H3,(H,24,28);2-5,7-8H,6H2,1H3,(H,23,24);2-3,5H2,1H3. The Balaban J connectivity index is 0.000000231. The van der Waals surface area contributed by atoms with Crippen molar-refractivity contribution in [3.8, 4) is 0 Å². The van der Waals surface area contributed by atoms with Crippen LogP contribution in [0.5, 0.6) is 0 Å². The number of halogens is 6. The molecular weight excluding hydrogens is 794 g/mol. The van der Waals surface area contributed by atoms with Gasteiger partial charge in [0, 0.05) is 50.5 Å². The molecule has 2 aromatic heterocycles. The number of aryl methyl sites for hydroxylation is 2. The van der Waals surface area contributed by atoms with Crippen molar-refractivity contribution in [3.63, 3.8) is 0 Å². The van der Waals surface area contributed by atoms with Crippen molar-refractivity contribution in [1.82, 2.24) is 14.5 Å². The molecule has 2 aliphatic rings. The number of ketones is 4. The van der Waals surface area contributed by atoms with E-state index >= 15 is 0 Å². The predicted octanol–water partition coefficient (Wildman–Crippen LogP) is 5.03. The van der Waals surface area contributed by atoms with Gasteiger partial charge >= 0.3 is 18.3 Å². The zero-order valence-corrected chi connectivity index (χ0v) is 32.1. The summed E-state index contributed by atoms with van der Waals surface area (Å²) >= 11 is 0. The Morgan fingerprint density at radius 2 is 1.08 bits per heavy atom. The molecule has 316 valence electrons. The largest absolute Gasteiger partial charge is 0.475 e. The zero-order valence-electron chi connectivity index (χ0n) is 32.1. The average Bonchev–Trinajstić information content (AvgIpc) is 3.72. The number of hydrogen-bond donors (Lipinski definition) is 3. The molecule has 19 heteroatoms. The molecule has 0 aliphatic carbocycles. The summed E-state index contributed by atoms with van der Waals surface area (Å²) in [4.78, 5) is 71.4. The van der Waals surface area contributed by atoms with E-state index in [4.69, 9.17) is 20.3 Å². The first-order valence-corrected chi connectivity index (χ1v) is 17.6. The molecule has 0 unspecified atom stereocenters. The minimum absolute atomic E-state index is 0. The number of nitrogens with two attached hydrogens (primary N) is 1. The molecule has 13 nitrogen and oxygen atoms in total. The molecule has 59 heavy (non-hydrogen) atoms. The predicted molar refractivity (Wildman–Crippen MR) is 197 cm³/mol. The van der Waals surface area contributed by atoms with Gasteiger partial charge in [-0.1, -0.05) is 36.4 Å². The maximum Gasteiger partial charge on any atom is 0.416 e. The van der Waals surface area contributed by atoms with Crippen LogP contribution in [0.1, 0.15) is 77.8 Å². The van der Waals surface area contributed by atoms with Gasteiger partial charge in [0.1, 0.15) is 0 Å². The van der Waals surface area contributed by atoms with E-state index in [0.29, 0.717) is 13.2 Å². The summed E-state index contributed by atoms with van der Waals surface area (Å²) < 4.78 is 89.0. The molecule has 0 bridgehead atoms. The van der Waals surface area contributed by atoms with E-state index in [9.17, 15) is 55.1 Å². The van der Waals surface area contributed by atoms with E-state index < -0.39 is 64.0 Å². The fourth-order valence-corrected chi connectivity index (χ4v) is 5.69. The van der Waals surface area contributed by atoms with Crippen LogP contribution < -0.4 is 11.1 Å². The first-order chi connectivity index (χ1) is 27.3. The smallest absolute Gasteiger partial charge is 0.416 e. The van der Waals surface area contributed by atoms with E-state index in [1.165, 1.54) is 66.0 Å². The topological polar surface area (TPSA) is 189 Å². The third kappa shape index (κ3) is 12.3. The van der Waals surface area contributed by atoms with Crippen LogP contribution in [0.3, 0.4) is 0 Å². The number of ether oxygens (including phenoxy) is 2. The highest BCUT2D eigenvalue weighted by Crippen LogP contribution is 2.31. The Hall–Kier alpha value is -5.92. The molecule has 2 aromatic carbocycles. The first-order valence-electron chi connectivity index (χ1n) is 17.6. The molecule has 6 rings (SSSR count). The molecule has 4 heterocycles. The van der Waals surface area contributed by atoms with Crippen molar-refractivity contribution >= 4 is 35.0 Å². The fraction of sp³-hybridized carbons (Fsp3) is 0.350. The quantitative estimate of drug-likeness (QED) is 0.105. The van der Waals surface area contributed by atoms with Crippen molar-refractivity contribution in [1.29, 1.82) is 0 Å². The third-order valence-electron chi connectivity index (χ3n) is 8.86. The minimum atomic E-state index is -4.51. The summed E-state index contributed by atoms with van der Waals surface area (Å²) in [7, 11) is 2.97. The Labute approximate surface area is 333 Å². The van der Waals surface area contributed by atoms with Gasteiger partial charge in [-0.25, -0.2) is 4.79 Å². The van der Waals surface area contributed by atoms with Crippen molar-refractivity contribution in [2.45, 2.75) is 50.1 Å². The summed E-state index contributed by atoms with van der Waals surface area (Å²) in [5.41, 5.74) is 3.60. The summed E-state index contributed by atoms with van der Waals surface area (Å²) in [5.74, 6) is -5.42.